The molecule has 2 aromatic carbocycles. The van der Waals surface area contributed by atoms with E-state index < -0.39 is 0 Å². The van der Waals surface area contributed by atoms with Gasteiger partial charge in [0.25, 0.3) is 0 Å². The summed E-state index contributed by atoms with van der Waals surface area (Å²) in [6.45, 7) is 7.57. The van der Waals surface area contributed by atoms with Crippen molar-refractivity contribution in [3.05, 3.63) is 71.3 Å². The summed E-state index contributed by atoms with van der Waals surface area (Å²) in [7, 11) is 0. The summed E-state index contributed by atoms with van der Waals surface area (Å²) in [5.41, 5.74) is 6.23. The Morgan fingerprint density at radius 3 is 2.68 bits per heavy atom. The highest BCUT2D eigenvalue weighted by molar-refractivity contribution is 5.93. The van der Waals surface area contributed by atoms with E-state index in [-0.39, 0.29) is 5.91 Å². The Morgan fingerprint density at radius 1 is 1.00 bits per heavy atom. The maximum Gasteiger partial charge on any atom is 0.224 e. The number of aryl methyl sites for hydroxylation is 2. The lowest BCUT2D eigenvalue weighted by Crippen LogP contribution is -2.46. The van der Waals surface area contributed by atoms with Crippen molar-refractivity contribution < 1.29 is 4.79 Å². The van der Waals surface area contributed by atoms with Gasteiger partial charge in [0.2, 0.25) is 5.91 Å². The summed E-state index contributed by atoms with van der Waals surface area (Å²) in [4.78, 5) is 16.5. The summed E-state index contributed by atoms with van der Waals surface area (Å²) < 4.78 is 0. The lowest BCUT2D eigenvalue weighted by Gasteiger charge is -2.35. The van der Waals surface area contributed by atoms with E-state index in [0.717, 1.165) is 51.3 Å². The molecule has 2 aliphatic heterocycles. The number of nitrogens with zero attached hydrogens (tertiary/aromatic N) is 2. The van der Waals surface area contributed by atoms with Crippen LogP contribution >= 0.6 is 0 Å². The van der Waals surface area contributed by atoms with Crippen LogP contribution < -0.4 is 10.2 Å². The third-order valence-corrected chi connectivity index (χ3v) is 5.69. The number of carbonyl (C=O) groups is 1. The van der Waals surface area contributed by atoms with E-state index in [1.807, 2.05) is 6.07 Å². The van der Waals surface area contributed by atoms with Crippen LogP contribution in [0.4, 0.5) is 11.4 Å². The first-order valence-electron chi connectivity index (χ1n) is 10.3. The van der Waals surface area contributed by atoms with Crippen LogP contribution in [0.15, 0.2) is 54.6 Å². The van der Waals surface area contributed by atoms with E-state index in [0.29, 0.717) is 6.42 Å². The van der Waals surface area contributed by atoms with Crippen molar-refractivity contribution in [3.8, 4) is 0 Å². The Bertz CT molecular complexity index is 866. The van der Waals surface area contributed by atoms with E-state index in [1.54, 1.807) is 0 Å². The average molecular weight is 376 g/mol. The molecule has 4 rings (SSSR count). The monoisotopic (exact) mass is 375 g/mol. The van der Waals surface area contributed by atoms with Crippen LogP contribution in [-0.4, -0.2) is 43.5 Å². The third-order valence-electron chi connectivity index (χ3n) is 5.69. The molecular formula is C24H29N3O. The van der Waals surface area contributed by atoms with Crippen LogP contribution in [0.5, 0.6) is 0 Å². The number of nitrogens with one attached hydrogen (secondary N) is 1. The molecule has 146 valence electrons. The van der Waals surface area contributed by atoms with Gasteiger partial charge < -0.3 is 10.2 Å². The maximum atomic E-state index is 11.5. The van der Waals surface area contributed by atoms with Crippen LogP contribution in [0, 0.1) is 6.92 Å². The lowest BCUT2D eigenvalue weighted by atomic mass is 9.99. The zero-order chi connectivity index (χ0) is 19.3. The van der Waals surface area contributed by atoms with Gasteiger partial charge in [-0.15, -0.1) is 0 Å². The number of hydrogen-bond acceptors (Lipinski definition) is 3. The minimum absolute atomic E-state index is 0.127. The first kappa shape index (κ1) is 18.8. The van der Waals surface area contributed by atoms with Gasteiger partial charge in [-0.2, -0.15) is 0 Å². The lowest BCUT2D eigenvalue weighted by molar-refractivity contribution is -0.116. The molecule has 2 aliphatic rings. The van der Waals surface area contributed by atoms with Crippen LogP contribution in [0.25, 0.3) is 0 Å². The van der Waals surface area contributed by atoms with Gasteiger partial charge in [0, 0.05) is 50.5 Å². The number of amides is 1. The number of rotatable bonds is 5. The predicted octanol–water partition coefficient (Wildman–Crippen LogP) is 3.80. The van der Waals surface area contributed by atoms with Crippen molar-refractivity contribution in [2.45, 2.75) is 26.2 Å². The SMILES string of the molecule is Cc1cccc(N2CCN(CC=CCc3ccc4c(c3)CCC(=O)N4)CC2)c1. The first-order valence-corrected chi connectivity index (χ1v) is 10.3. The molecule has 4 heteroatoms. The van der Waals surface area contributed by atoms with Crippen molar-refractivity contribution >= 4 is 17.3 Å². The first-order chi connectivity index (χ1) is 13.7. The Kier molecular flexibility index (Phi) is 5.77. The molecule has 1 saturated heterocycles. The molecule has 1 N–H and O–H groups in total. The summed E-state index contributed by atoms with van der Waals surface area (Å²) in [5, 5.41) is 2.95. The van der Waals surface area contributed by atoms with Gasteiger partial charge in [0.1, 0.15) is 0 Å². The predicted molar refractivity (Wildman–Crippen MR) is 116 cm³/mol. The highest BCUT2D eigenvalue weighted by Gasteiger charge is 2.16. The summed E-state index contributed by atoms with van der Waals surface area (Å²) in [6.07, 6.45) is 6.97. The zero-order valence-corrected chi connectivity index (χ0v) is 16.7. The number of carbonyl (C=O) groups excluding carboxylic acids is 1. The quantitative estimate of drug-likeness (QED) is 0.808. The van der Waals surface area contributed by atoms with E-state index in [2.05, 4.69) is 70.6 Å². The van der Waals surface area contributed by atoms with Crippen molar-refractivity contribution in [2.24, 2.45) is 0 Å². The fourth-order valence-corrected chi connectivity index (χ4v) is 4.02. The smallest absolute Gasteiger partial charge is 0.224 e. The normalized spacial score (nSPS) is 17.6. The van der Waals surface area contributed by atoms with Crippen molar-refractivity contribution in [1.29, 1.82) is 0 Å². The number of anilines is 2. The van der Waals surface area contributed by atoms with Gasteiger partial charge in [-0.3, -0.25) is 9.69 Å². The molecule has 0 radical (unpaired) electrons. The summed E-state index contributed by atoms with van der Waals surface area (Å²) >= 11 is 0. The minimum atomic E-state index is 0.127. The molecule has 0 spiro atoms. The number of benzene rings is 2. The van der Waals surface area contributed by atoms with E-state index in [1.165, 1.54) is 22.4 Å². The maximum absolute atomic E-state index is 11.5. The molecule has 0 saturated carbocycles. The Morgan fingerprint density at radius 2 is 1.86 bits per heavy atom. The highest BCUT2D eigenvalue weighted by atomic mass is 16.1. The fourth-order valence-electron chi connectivity index (χ4n) is 4.02. The van der Waals surface area contributed by atoms with Gasteiger partial charge >= 0.3 is 0 Å². The Hall–Kier alpha value is -2.59. The van der Waals surface area contributed by atoms with Crippen LogP contribution in [0.2, 0.25) is 0 Å². The molecule has 4 nitrogen and oxygen atoms in total. The standard InChI is InChI=1S/C24H29N3O/c1-19-5-4-7-22(17-19)27-15-13-26(14-16-27)12-3-2-6-20-8-10-23-21(18-20)9-11-24(28)25-23/h2-5,7-8,10,17-18H,6,9,11-16H2,1H3,(H,25,28). The molecule has 0 aliphatic carbocycles. The largest absolute Gasteiger partial charge is 0.369 e. The Balaban J connectivity index is 1.23. The number of piperazine rings is 1. The molecule has 28 heavy (non-hydrogen) atoms. The number of fused-ring (bicyclic) bond motifs is 1. The van der Waals surface area contributed by atoms with Gasteiger partial charge in [-0.25, -0.2) is 0 Å². The molecule has 1 fully saturated rings. The molecule has 2 heterocycles. The van der Waals surface area contributed by atoms with E-state index >= 15 is 0 Å². The molecule has 1 amide bonds. The van der Waals surface area contributed by atoms with Crippen LogP contribution in [0.3, 0.4) is 0 Å². The van der Waals surface area contributed by atoms with Gasteiger partial charge in [0.05, 0.1) is 0 Å². The molecule has 0 atom stereocenters. The molecule has 0 unspecified atom stereocenters. The van der Waals surface area contributed by atoms with Crippen LogP contribution in [0.1, 0.15) is 23.1 Å². The van der Waals surface area contributed by atoms with Gasteiger partial charge in [-0.05, 0) is 54.7 Å². The van der Waals surface area contributed by atoms with Gasteiger partial charge in [0.15, 0.2) is 0 Å². The summed E-state index contributed by atoms with van der Waals surface area (Å²) in [5.74, 6) is 0.127. The van der Waals surface area contributed by atoms with Gasteiger partial charge in [-0.1, -0.05) is 36.4 Å². The minimum Gasteiger partial charge on any atom is -0.369 e. The highest BCUT2D eigenvalue weighted by Crippen LogP contribution is 2.24. The fraction of sp³-hybridized carbons (Fsp3) is 0.375. The van der Waals surface area contributed by atoms with Crippen molar-refractivity contribution in [1.82, 2.24) is 4.90 Å². The topological polar surface area (TPSA) is 35.6 Å². The van der Waals surface area contributed by atoms with E-state index in [4.69, 9.17) is 0 Å². The Labute approximate surface area is 167 Å². The second-order valence-electron chi connectivity index (χ2n) is 7.84. The number of hydrogen-bond donors (Lipinski definition) is 1. The van der Waals surface area contributed by atoms with Crippen molar-refractivity contribution in [3.63, 3.8) is 0 Å². The van der Waals surface area contributed by atoms with E-state index in [9.17, 15) is 4.79 Å². The number of allylic oxidation sites excluding steroid dienone is 1. The second-order valence-corrected chi connectivity index (χ2v) is 7.84. The molecule has 0 aromatic heterocycles. The zero-order valence-electron chi connectivity index (χ0n) is 16.7. The second kappa shape index (κ2) is 8.61. The molecule has 0 bridgehead atoms. The van der Waals surface area contributed by atoms with Crippen molar-refractivity contribution in [2.75, 3.05) is 42.9 Å². The average Bonchev–Trinajstić information content (AvgIpc) is 2.72. The summed E-state index contributed by atoms with van der Waals surface area (Å²) in [6, 6.07) is 15.2. The van der Waals surface area contributed by atoms with Crippen LogP contribution in [-0.2, 0) is 17.6 Å². The molecular weight excluding hydrogens is 346 g/mol. The molecule has 2 aromatic rings. The third kappa shape index (κ3) is 4.63.